The average molecular weight is 338 g/mol. The number of likely N-dealkylation sites (N-methyl/N-ethyl adjacent to an activating group) is 1. The Balaban J connectivity index is 1.65. The molecule has 132 valence electrons. The Labute approximate surface area is 149 Å². The molecule has 6 nitrogen and oxygen atoms in total. The molecule has 1 fully saturated rings. The average Bonchev–Trinajstić information content (AvgIpc) is 2.68. The number of para-hydroxylation sites is 1. The third-order valence-corrected chi connectivity index (χ3v) is 5.33. The third kappa shape index (κ3) is 3.02. The molecule has 0 aliphatic carbocycles. The SMILES string of the molecule is CCN1CCN(c2ncnc(N3CCCc4ccccc43)c2N)CC1. The van der Waals surface area contributed by atoms with Crippen molar-refractivity contribution >= 4 is 23.0 Å². The number of aryl methyl sites for hydroxylation is 1. The summed E-state index contributed by atoms with van der Waals surface area (Å²) < 4.78 is 0. The van der Waals surface area contributed by atoms with E-state index >= 15 is 0 Å². The summed E-state index contributed by atoms with van der Waals surface area (Å²) >= 11 is 0. The summed E-state index contributed by atoms with van der Waals surface area (Å²) in [6.07, 6.45) is 3.89. The molecule has 1 aromatic carbocycles. The molecule has 3 heterocycles. The van der Waals surface area contributed by atoms with Crippen molar-refractivity contribution in [1.29, 1.82) is 0 Å². The van der Waals surface area contributed by atoms with Gasteiger partial charge in [-0.1, -0.05) is 25.1 Å². The molecular formula is C19H26N6. The lowest BCUT2D eigenvalue weighted by molar-refractivity contribution is 0.270. The van der Waals surface area contributed by atoms with Crippen molar-refractivity contribution in [3.63, 3.8) is 0 Å². The molecule has 0 bridgehead atoms. The van der Waals surface area contributed by atoms with Crippen molar-refractivity contribution in [3.05, 3.63) is 36.2 Å². The molecule has 2 aliphatic heterocycles. The van der Waals surface area contributed by atoms with Gasteiger partial charge in [-0.15, -0.1) is 0 Å². The van der Waals surface area contributed by atoms with Gasteiger partial charge in [0, 0.05) is 38.4 Å². The highest BCUT2D eigenvalue weighted by atomic mass is 15.3. The highest BCUT2D eigenvalue weighted by molar-refractivity contribution is 5.81. The van der Waals surface area contributed by atoms with Crippen molar-refractivity contribution < 1.29 is 0 Å². The van der Waals surface area contributed by atoms with Gasteiger partial charge >= 0.3 is 0 Å². The monoisotopic (exact) mass is 338 g/mol. The summed E-state index contributed by atoms with van der Waals surface area (Å²) in [7, 11) is 0. The molecular weight excluding hydrogens is 312 g/mol. The number of aromatic nitrogens is 2. The highest BCUT2D eigenvalue weighted by Crippen LogP contribution is 2.37. The first-order valence-corrected chi connectivity index (χ1v) is 9.21. The number of nitrogen functional groups attached to an aromatic ring is 1. The zero-order chi connectivity index (χ0) is 17.2. The smallest absolute Gasteiger partial charge is 0.161 e. The number of benzene rings is 1. The minimum atomic E-state index is 0.698. The fourth-order valence-corrected chi connectivity index (χ4v) is 3.87. The topological polar surface area (TPSA) is 61.5 Å². The maximum absolute atomic E-state index is 6.55. The second-order valence-electron chi connectivity index (χ2n) is 6.74. The molecule has 0 atom stereocenters. The molecule has 2 aromatic rings. The van der Waals surface area contributed by atoms with E-state index in [2.05, 4.69) is 55.9 Å². The lowest BCUT2D eigenvalue weighted by Crippen LogP contribution is -2.46. The van der Waals surface area contributed by atoms with Gasteiger partial charge < -0.3 is 20.4 Å². The Bertz CT molecular complexity index is 738. The van der Waals surface area contributed by atoms with E-state index in [1.54, 1.807) is 6.33 Å². The summed E-state index contributed by atoms with van der Waals surface area (Å²) in [5.41, 5.74) is 9.83. The van der Waals surface area contributed by atoms with E-state index in [9.17, 15) is 0 Å². The van der Waals surface area contributed by atoms with Crippen LogP contribution in [0.1, 0.15) is 18.9 Å². The molecule has 2 aliphatic rings. The Morgan fingerprint density at radius 2 is 1.76 bits per heavy atom. The fraction of sp³-hybridized carbons (Fsp3) is 0.474. The van der Waals surface area contributed by atoms with E-state index < -0.39 is 0 Å². The number of hydrogen-bond acceptors (Lipinski definition) is 6. The molecule has 2 N–H and O–H groups in total. The second-order valence-corrected chi connectivity index (χ2v) is 6.74. The number of nitrogens with zero attached hydrogens (tertiary/aromatic N) is 5. The number of nitrogens with two attached hydrogens (primary N) is 1. The van der Waals surface area contributed by atoms with Gasteiger partial charge in [0.15, 0.2) is 11.6 Å². The van der Waals surface area contributed by atoms with Crippen LogP contribution in [0.25, 0.3) is 0 Å². The number of anilines is 4. The van der Waals surface area contributed by atoms with Crippen LogP contribution < -0.4 is 15.5 Å². The van der Waals surface area contributed by atoms with Gasteiger partial charge in [-0.2, -0.15) is 0 Å². The fourth-order valence-electron chi connectivity index (χ4n) is 3.87. The minimum Gasteiger partial charge on any atom is -0.393 e. The first kappa shape index (κ1) is 16.1. The van der Waals surface area contributed by atoms with Gasteiger partial charge in [0.1, 0.15) is 12.0 Å². The lowest BCUT2D eigenvalue weighted by Gasteiger charge is -2.36. The highest BCUT2D eigenvalue weighted by Gasteiger charge is 2.25. The van der Waals surface area contributed by atoms with E-state index in [1.807, 2.05) is 0 Å². The van der Waals surface area contributed by atoms with Gasteiger partial charge in [-0.25, -0.2) is 9.97 Å². The van der Waals surface area contributed by atoms with Gasteiger partial charge in [-0.05, 0) is 31.0 Å². The van der Waals surface area contributed by atoms with E-state index in [4.69, 9.17) is 5.73 Å². The van der Waals surface area contributed by atoms with Gasteiger partial charge in [0.25, 0.3) is 0 Å². The van der Waals surface area contributed by atoms with Crippen molar-refractivity contribution in [2.75, 3.05) is 54.8 Å². The van der Waals surface area contributed by atoms with Crippen LogP contribution in [-0.4, -0.2) is 54.1 Å². The summed E-state index contributed by atoms with van der Waals surface area (Å²) in [5, 5.41) is 0. The summed E-state index contributed by atoms with van der Waals surface area (Å²) in [4.78, 5) is 16.0. The predicted octanol–water partition coefficient (Wildman–Crippen LogP) is 2.29. The quantitative estimate of drug-likeness (QED) is 0.926. The van der Waals surface area contributed by atoms with Gasteiger partial charge in [0.05, 0.1) is 0 Å². The lowest BCUT2D eigenvalue weighted by atomic mass is 10.0. The van der Waals surface area contributed by atoms with Crippen LogP contribution in [0.4, 0.5) is 23.0 Å². The normalized spacial score (nSPS) is 18.3. The van der Waals surface area contributed by atoms with Crippen LogP contribution in [0.5, 0.6) is 0 Å². The van der Waals surface area contributed by atoms with Crippen LogP contribution in [0.15, 0.2) is 30.6 Å². The standard InChI is InChI=1S/C19H26N6/c1-2-23-10-12-24(13-11-23)18-17(20)19(22-14-21-18)25-9-5-7-15-6-3-4-8-16(15)25/h3-4,6,8,14H,2,5,7,9-13,20H2,1H3. The Morgan fingerprint density at radius 1 is 1.00 bits per heavy atom. The molecule has 0 radical (unpaired) electrons. The molecule has 4 rings (SSSR count). The first-order valence-electron chi connectivity index (χ1n) is 9.21. The van der Waals surface area contributed by atoms with Crippen molar-refractivity contribution in [2.45, 2.75) is 19.8 Å². The summed E-state index contributed by atoms with van der Waals surface area (Å²) in [5.74, 6) is 1.72. The third-order valence-electron chi connectivity index (χ3n) is 5.33. The van der Waals surface area contributed by atoms with Crippen LogP contribution in [0, 0.1) is 0 Å². The predicted molar refractivity (Wildman–Crippen MR) is 103 cm³/mol. The molecule has 1 aromatic heterocycles. The minimum absolute atomic E-state index is 0.698. The molecule has 25 heavy (non-hydrogen) atoms. The molecule has 0 amide bonds. The zero-order valence-electron chi connectivity index (χ0n) is 14.9. The Kier molecular flexibility index (Phi) is 4.44. The maximum atomic E-state index is 6.55. The van der Waals surface area contributed by atoms with Crippen LogP contribution >= 0.6 is 0 Å². The van der Waals surface area contributed by atoms with Crippen LogP contribution in [-0.2, 0) is 6.42 Å². The number of hydrogen-bond donors (Lipinski definition) is 1. The van der Waals surface area contributed by atoms with Gasteiger partial charge in [-0.3, -0.25) is 0 Å². The van der Waals surface area contributed by atoms with Gasteiger partial charge in [0.2, 0.25) is 0 Å². The number of piperazine rings is 1. The first-order chi connectivity index (χ1) is 12.3. The second kappa shape index (κ2) is 6.88. The number of fused-ring (bicyclic) bond motifs is 1. The number of rotatable bonds is 3. The Morgan fingerprint density at radius 3 is 2.56 bits per heavy atom. The van der Waals surface area contributed by atoms with E-state index in [-0.39, 0.29) is 0 Å². The molecule has 6 heteroatoms. The van der Waals surface area contributed by atoms with Crippen LogP contribution in [0.2, 0.25) is 0 Å². The largest absolute Gasteiger partial charge is 0.393 e. The molecule has 0 unspecified atom stereocenters. The van der Waals surface area contributed by atoms with Crippen molar-refractivity contribution in [3.8, 4) is 0 Å². The maximum Gasteiger partial charge on any atom is 0.161 e. The summed E-state index contributed by atoms with van der Waals surface area (Å²) in [6.45, 7) is 8.30. The van der Waals surface area contributed by atoms with Crippen molar-refractivity contribution in [2.24, 2.45) is 0 Å². The Hall–Kier alpha value is -2.34. The molecule has 0 saturated carbocycles. The summed E-state index contributed by atoms with van der Waals surface area (Å²) in [6, 6.07) is 8.54. The van der Waals surface area contributed by atoms with E-state index in [0.29, 0.717) is 5.69 Å². The zero-order valence-corrected chi connectivity index (χ0v) is 14.9. The molecule has 0 spiro atoms. The van der Waals surface area contributed by atoms with Crippen molar-refractivity contribution in [1.82, 2.24) is 14.9 Å². The van der Waals surface area contributed by atoms with E-state index in [1.165, 1.54) is 11.3 Å². The molecule has 1 saturated heterocycles. The van der Waals surface area contributed by atoms with E-state index in [0.717, 1.165) is 63.7 Å². The van der Waals surface area contributed by atoms with Crippen LogP contribution in [0.3, 0.4) is 0 Å².